The quantitative estimate of drug-likeness (QED) is 0.804. The van der Waals surface area contributed by atoms with E-state index in [4.69, 9.17) is 4.42 Å². The molecule has 1 N–H and O–H groups in total. The number of nitrogens with zero attached hydrogens (tertiary/aromatic N) is 1. The van der Waals surface area contributed by atoms with Gasteiger partial charge in [-0.05, 0) is 12.1 Å². The lowest BCUT2D eigenvalue weighted by atomic mass is 10.1. The molecule has 0 radical (unpaired) electrons. The van der Waals surface area contributed by atoms with Crippen molar-refractivity contribution < 1.29 is 4.42 Å². The van der Waals surface area contributed by atoms with Crippen LogP contribution in [0.25, 0.3) is 11.0 Å². The van der Waals surface area contributed by atoms with E-state index in [0.717, 1.165) is 24.3 Å². The summed E-state index contributed by atoms with van der Waals surface area (Å²) in [5.41, 5.74) is 0.964. The molecule has 0 spiro atoms. The van der Waals surface area contributed by atoms with Gasteiger partial charge in [-0.1, -0.05) is 18.2 Å². The number of fused-ring (bicyclic) bond motifs is 1. The molecule has 2 aromatic rings. The van der Waals surface area contributed by atoms with Crippen LogP contribution in [0.2, 0.25) is 0 Å². The Morgan fingerprint density at radius 1 is 1.40 bits per heavy atom. The smallest absolute Gasteiger partial charge is 0.134 e. The van der Waals surface area contributed by atoms with Crippen molar-refractivity contribution in [3.05, 3.63) is 36.1 Å². The number of benzene rings is 1. The summed E-state index contributed by atoms with van der Waals surface area (Å²) in [6.45, 7) is 0.844. The fourth-order valence-corrected chi connectivity index (χ4v) is 1.89. The molecular formula is C12H12N2O. The molecule has 1 atom stereocenters. The van der Waals surface area contributed by atoms with Gasteiger partial charge in [-0.15, -0.1) is 0 Å². The molecule has 0 saturated carbocycles. The lowest BCUT2D eigenvalue weighted by Gasteiger charge is -2.05. The van der Waals surface area contributed by atoms with E-state index < -0.39 is 0 Å². The largest absolute Gasteiger partial charge is 0.461 e. The van der Waals surface area contributed by atoms with Crippen LogP contribution in [0.5, 0.6) is 0 Å². The van der Waals surface area contributed by atoms with Crippen molar-refractivity contribution in [2.24, 2.45) is 4.99 Å². The van der Waals surface area contributed by atoms with Crippen LogP contribution in [0.4, 0.5) is 0 Å². The van der Waals surface area contributed by atoms with Crippen molar-refractivity contribution in [1.82, 2.24) is 5.32 Å². The van der Waals surface area contributed by atoms with Gasteiger partial charge in [0.25, 0.3) is 0 Å². The average Bonchev–Trinajstić information content (AvgIpc) is 2.86. The molecular weight excluding hydrogens is 188 g/mol. The number of hydrogen-bond acceptors (Lipinski definition) is 3. The molecule has 1 aliphatic heterocycles. The van der Waals surface area contributed by atoms with Gasteiger partial charge in [0, 0.05) is 11.8 Å². The zero-order valence-corrected chi connectivity index (χ0v) is 8.31. The van der Waals surface area contributed by atoms with Crippen molar-refractivity contribution in [3.8, 4) is 0 Å². The van der Waals surface area contributed by atoms with Crippen LogP contribution >= 0.6 is 0 Å². The Morgan fingerprint density at radius 2 is 2.33 bits per heavy atom. The summed E-state index contributed by atoms with van der Waals surface area (Å²) in [7, 11) is 0. The number of aliphatic imine (C=N–C) groups is 1. The maximum Gasteiger partial charge on any atom is 0.134 e. The summed E-state index contributed by atoms with van der Waals surface area (Å²) >= 11 is 0. The molecule has 15 heavy (non-hydrogen) atoms. The van der Waals surface area contributed by atoms with E-state index >= 15 is 0 Å². The van der Waals surface area contributed by atoms with Crippen LogP contribution in [-0.4, -0.2) is 18.9 Å². The Hall–Kier alpha value is -1.77. The summed E-state index contributed by atoms with van der Waals surface area (Å²) in [4.78, 5) is 4.14. The molecule has 3 rings (SSSR count). The minimum atomic E-state index is 0.394. The first-order valence-corrected chi connectivity index (χ1v) is 5.13. The Morgan fingerprint density at radius 3 is 3.13 bits per heavy atom. The number of furan rings is 1. The van der Waals surface area contributed by atoms with E-state index in [9.17, 15) is 0 Å². The molecule has 0 bridgehead atoms. The summed E-state index contributed by atoms with van der Waals surface area (Å²) in [6.07, 6.45) is 2.67. The van der Waals surface area contributed by atoms with E-state index in [1.54, 1.807) is 6.34 Å². The minimum Gasteiger partial charge on any atom is -0.461 e. The average molecular weight is 200 g/mol. The fraction of sp³-hybridized carbons (Fsp3) is 0.250. The number of para-hydroxylation sites is 1. The van der Waals surface area contributed by atoms with Gasteiger partial charge in [-0.3, -0.25) is 4.99 Å². The van der Waals surface area contributed by atoms with E-state index in [-0.39, 0.29) is 0 Å². The number of nitrogens with one attached hydrogen (secondary N) is 1. The third-order valence-electron chi connectivity index (χ3n) is 2.65. The number of hydrogen-bond donors (Lipinski definition) is 1. The monoisotopic (exact) mass is 200 g/mol. The second kappa shape index (κ2) is 3.42. The Balaban J connectivity index is 1.85. The van der Waals surface area contributed by atoms with Gasteiger partial charge < -0.3 is 9.73 Å². The van der Waals surface area contributed by atoms with E-state index in [1.165, 1.54) is 5.39 Å². The van der Waals surface area contributed by atoms with Gasteiger partial charge in [0.15, 0.2) is 0 Å². The van der Waals surface area contributed by atoms with Gasteiger partial charge in [0.2, 0.25) is 0 Å². The van der Waals surface area contributed by atoms with Gasteiger partial charge in [0.1, 0.15) is 11.3 Å². The van der Waals surface area contributed by atoms with Crippen LogP contribution in [-0.2, 0) is 6.42 Å². The van der Waals surface area contributed by atoms with Crippen molar-refractivity contribution in [2.45, 2.75) is 12.5 Å². The van der Waals surface area contributed by atoms with Crippen molar-refractivity contribution in [2.75, 3.05) is 6.54 Å². The lowest BCUT2D eigenvalue weighted by Crippen LogP contribution is -2.26. The summed E-state index contributed by atoms with van der Waals surface area (Å²) in [5, 5.41) is 4.37. The van der Waals surface area contributed by atoms with E-state index in [0.29, 0.717) is 6.04 Å². The predicted octanol–water partition coefficient (Wildman–Crippen LogP) is 1.98. The second-order valence-corrected chi connectivity index (χ2v) is 3.81. The highest BCUT2D eigenvalue weighted by atomic mass is 16.3. The molecule has 3 heteroatoms. The van der Waals surface area contributed by atoms with Crippen molar-refractivity contribution in [3.63, 3.8) is 0 Å². The minimum absolute atomic E-state index is 0.394. The van der Waals surface area contributed by atoms with Gasteiger partial charge in [-0.2, -0.15) is 0 Å². The Kier molecular flexibility index (Phi) is 1.95. The molecule has 1 aliphatic rings. The maximum absolute atomic E-state index is 5.73. The van der Waals surface area contributed by atoms with Crippen LogP contribution < -0.4 is 5.32 Å². The second-order valence-electron chi connectivity index (χ2n) is 3.81. The zero-order valence-electron chi connectivity index (χ0n) is 8.31. The third-order valence-corrected chi connectivity index (χ3v) is 2.65. The summed E-state index contributed by atoms with van der Waals surface area (Å²) in [6, 6.07) is 10.6. The van der Waals surface area contributed by atoms with E-state index in [1.807, 2.05) is 18.2 Å². The standard InChI is InChI=1S/C12H12N2O/c1-2-4-12-9(3-1)5-11(15-12)6-10-7-13-8-14-10/h1-5,8,10H,6-7H2,(H,13,14). The van der Waals surface area contributed by atoms with Crippen LogP contribution in [0, 0.1) is 0 Å². The van der Waals surface area contributed by atoms with Crippen LogP contribution in [0.3, 0.4) is 0 Å². The van der Waals surface area contributed by atoms with Crippen molar-refractivity contribution >= 4 is 17.3 Å². The van der Waals surface area contributed by atoms with E-state index in [2.05, 4.69) is 22.4 Å². The third kappa shape index (κ3) is 1.61. The molecule has 1 aromatic carbocycles. The molecule has 1 aromatic heterocycles. The highest BCUT2D eigenvalue weighted by Crippen LogP contribution is 2.20. The van der Waals surface area contributed by atoms with Crippen molar-refractivity contribution in [1.29, 1.82) is 0 Å². The molecule has 0 amide bonds. The molecule has 3 nitrogen and oxygen atoms in total. The Labute approximate surface area is 87.8 Å². The first-order chi connectivity index (χ1) is 7.42. The SMILES string of the molecule is C1=NCC(Cc2cc3ccccc3o2)N1. The predicted molar refractivity (Wildman–Crippen MR) is 60.2 cm³/mol. The first-order valence-electron chi connectivity index (χ1n) is 5.13. The first kappa shape index (κ1) is 8.53. The van der Waals surface area contributed by atoms with Gasteiger partial charge in [0.05, 0.1) is 18.9 Å². The summed E-state index contributed by atoms with van der Waals surface area (Å²) < 4.78 is 5.73. The normalized spacial score (nSPS) is 19.6. The maximum atomic E-state index is 5.73. The van der Waals surface area contributed by atoms with Crippen LogP contribution in [0.1, 0.15) is 5.76 Å². The molecule has 0 saturated heterocycles. The molecule has 0 fully saturated rings. The lowest BCUT2D eigenvalue weighted by molar-refractivity contribution is 0.510. The fourth-order valence-electron chi connectivity index (χ4n) is 1.89. The Bertz CT molecular complexity index is 460. The molecule has 2 heterocycles. The molecule has 0 aliphatic carbocycles. The zero-order chi connectivity index (χ0) is 10.1. The number of rotatable bonds is 2. The van der Waals surface area contributed by atoms with Crippen LogP contribution in [0.15, 0.2) is 39.7 Å². The van der Waals surface area contributed by atoms with Gasteiger partial charge in [-0.25, -0.2) is 0 Å². The highest BCUT2D eigenvalue weighted by Gasteiger charge is 2.13. The van der Waals surface area contributed by atoms with Gasteiger partial charge >= 0.3 is 0 Å². The summed E-state index contributed by atoms with van der Waals surface area (Å²) in [5.74, 6) is 1.03. The highest BCUT2D eigenvalue weighted by molar-refractivity contribution is 5.77. The topological polar surface area (TPSA) is 37.5 Å². The molecule has 76 valence electrons. The molecule has 1 unspecified atom stereocenters.